The van der Waals surface area contributed by atoms with Crippen LogP contribution in [-0.4, -0.2) is 41.6 Å². The molecule has 3 N–H and O–H groups in total. The molecule has 19 heavy (non-hydrogen) atoms. The van der Waals surface area contributed by atoms with Gasteiger partial charge in [0.15, 0.2) is 0 Å². The van der Waals surface area contributed by atoms with Crippen LogP contribution in [0.25, 0.3) is 0 Å². The van der Waals surface area contributed by atoms with Gasteiger partial charge in [-0.1, -0.05) is 0 Å². The molecule has 0 aliphatic heterocycles. The van der Waals surface area contributed by atoms with Crippen molar-refractivity contribution in [1.82, 2.24) is 9.71 Å². The number of aromatic nitrogens is 1. The lowest BCUT2D eigenvalue weighted by molar-refractivity contribution is -0.145. The van der Waals surface area contributed by atoms with Crippen LogP contribution in [0.5, 0.6) is 0 Å². The molecule has 0 saturated carbocycles. The van der Waals surface area contributed by atoms with Crippen molar-refractivity contribution in [1.29, 1.82) is 0 Å². The van der Waals surface area contributed by atoms with E-state index in [2.05, 4.69) is 20.9 Å². The summed E-state index contributed by atoms with van der Waals surface area (Å²) < 4.78 is 25.9. The number of aliphatic carboxylic acids is 2. The number of hydrogen-bond donors (Lipinski definition) is 3. The summed E-state index contributed by atoms with van der Waals surface area (Å²) in [5.74, 6) is -3.00. The van der Waals surface area contributed by atoms with Crippen LogP contribution in [0.15, 0.2) is 27.8 Å². The molecular weight excluding hydrogens is 344 g/mol. The molecule has 0 aliphatic rings. The molecule has 0 saturated heterocycles. The van der Waals surface area contributed by atoms with Gasteiger partial charge in [-0.3, -0.25) is 14.6 Å². The fourth-order valence-electron chi connectivity index (χ4n) is 1.15. The summed E-state index contributed by atoms with van der Waals surface area (Å²) in [6.07, 6.45) is 1.51. The monoisotopic (exact) mass is 352 g/mol. The molecule has 8 nitrogen and oxygen atoms in total. The fraction of sp³-hybridized carbons (Fsp3) is 0.222. The Bertz CT molecular complexity index is 602. The van der Waals surface area contributed by atoms with Crippen molar-refractivity contribution in [3.63, 3.8) is 0 Å². The lowest BCUT2D eigenvalue weighted by Crippen LogP contribution is -2.42. The molecule has 10 heteroatoms. The van der Waals surface area contributed by atoms with Gasteiger partial charge in [-0.25, -0.2) is 8.42 Å². The van der Waals surface area contributed by atoms with Crippen LogP contribution < -0.4 is 4.72 Å². The third kappa shape index (κ3) is 4.58. The molecule has 0 bridgehead atoms. The molecule has 0 aromatic carbocycles. The van der Waals surface area contributed by atoms with Crippen LogP contribution in [0.1, 0.15) is 6.42 Å². The first-order valence-electron chi connectivity index (χ1n) is 4.80. The lowest BCUT2D eigenvalue weighted by Gasteiger charge is -2.12. The highest BCUT2D eigenvalue weighted by atomic mass is 79.9. The summed E-state index contributed by atoms with van der Waals surface area (Å²) in [7, 11) is -4.16. The standard InChI is InChI=1S/C9H9BrN2O6S/c10-5-1-6(4-11-3-5)19(17,18)12-7(9(15)16)2-8(13)14/h1,3-4,7,12H,2H2,(H,13,14)(H,15,16)/t7-/m0/s1. The van der Waals surface area contributed by atoms with Crippen LogP contribution in [0, 0.1) is 0 Å². The molecule has 0 aliphatic carbocycles. The minimum absolute atomic E-state index is 0.265. The van der Waals surface area contributed by atoms with E-state index >= 15 is 0 Å². The van der Waals surface area contributed by atoms with Gasteiger partial charge in [-0.05, 0) is 22.0 Å². The number of nitrogens with one attached hydrogen (secondary N) is 1. The summed E-state index contributed by atoms with van der Waals surface area (Å²) in [6.45, 7) is 0. The van der Waals surface area contributed by atoms with Gasteiger partial charge in [0.25, 0.3) is 0 Å². The first-order chi connectivity index (χ1) is 8.72. The highest BCUT2D eigenvalue weighted by Crippen LogP contribution is 2.14. The quantitative estimate of drug-likeness (QED) is 0.658. The van der Waals surface area contributed by atoms with E-state index in [0.29, 0.717) is 4.47 Å². The number of nitrogens with zero attached hydrogens (tertiary/aromatic N) is 1. The molecule has 0 amide bonds. The Hall–Kier alpha value is -1.52. The number of carboxylic acids is 2. The van der Waals surface area contributed by atoms with Crippen LogP contribution in [0.3, 0.4) is 0 Å². The van der Waals surface area contributed by atoms with Crippen molar-refractivity contribution < 1.29 is 28.2 Å². The van der Waals surface area contributed by atoms with Crippen molar-refractivity contribution in [2.75, 3.05) is 0 Å². The second-order valence-electron chi connectivity index (χ2n) is 3.45. The Morgan fingerprint density at radius 2 is 2.00 bits per heavy atom. The Kier molecular flexibility index (Phi) is 4.97. The van der Waals surface area contributed by atoms with Crippen molar-refractivity contribution in [3.8, 4) is 0 Å². The van der Waals surface area contributed by atoms with Crippen molar-refractivity contribution in [2.24, 2.45) is 0 Å². The maximum Gasteiger partial charge on any atom is 0.322 e. The van der Waals surface area contributed by atoms with Gasteiger partial charge in [0.05, 0.1) is 6.42 Å². The number of carbonyl (C=O) groups is 2. The highest BCUT2D eigenvalue weighted by Gasteiger charge is 2.27. The summed E-state index contributed by atoms with van der Waals surface area (Å²) in [5, 5.41) is 17.3. The van der Waals surface area contributed by atoms with Crippen molar-refractivity contribution >= 4 is 37.9 Å². The molecule has 1 heterocycles. The largest absolute Gasteiger partial charge is 0.481 e. The first-order valence-corrected chi connectivity index (χ1v) is 7.07. The minimum atomic E-state index is -4.16. The number of halogens is 1. The van der Waals surface area contributed by atoms with Crippen LogP contribution >= 0.6 is 15.9 Å². The zero-order chi connectivity index (χ0) is 14.6. The SMILES string of the molecule is O=C(O)C[C@H](NS(=O)(=O)c1cncc(Br)c1)C(=O)O. The average Bonchev–Trinajstić information content (AvgIpc) is 2.27. The van der Waals surface area contributed by atoms with E-state index in [1.54, 1.807) is 4.72 Å². The van der Waals surface area contributed by atoms with Crippen LogP contribution in [-0.2, 0) is 19.6 Å². The third-order valence-electron chi connectivity index (χ3n) is 1.96. The Balaban J connectivity index is 3.00. The topological polar surface area (TPSA) is 134 Å². The predicted octanol–water partition coefficient (Wildman–Crippen LogP) is 0.0503. The van der Waals surface area contributed by atoms with E-state index in [1.807, 2.05) is 0 Å². The molecule has 0 fully saturated rings. The third-order valence-corrected chi connectivity index (χ3v) is 3.84. The van der Waals surface area contributed by atoms with Gasteiger partial charge in [-0.2, -0.15) is 4.72 Å². The minimum Gasteiger partial charge on any atom is -0.481 e. The van der Waals surface area contributed by atoms with E-state index in [-0.39, 0.29) is 4.90 Å². The van der Waals surface area contributed by atoms with E-state index < -0.39 is 34.4 Å². The van der Waals surface area contributed by atoms with Gasteiger partial charge in [0, 0.05) is 16.9 Å². The van der Waals surface area contributed by atoms with Gasteiger partial charge in [0.2, 0.25) is 10.0 Å². The van der Waals surface area contributed by atoms with Gasteiger partial charge < -0.3 is 10.2 Å². The summed E-state index contributed by atoms with van der Waals surface area (Å²) >= 11 is 3.02. The molecule has 1 atom stereocenters. The second kappa shape index (κ2) is 6.08. The number of pyridine rings is 1. The first kappa shape index (κ1) is 15.5. The smallest absolute Gasteiger partial charge is 0.322 e. The summed E-state index contributed by atoms with van der Waals surface area (Å²) in [6, 6.07) is -0.531. The van der Waals surface area contributed by atoms with Gasteiger partial charge >= 0.3 is 11.9 Å². The number of rotatable bonds is 6. The van der Waals surface area contributed by atoms with Gasteiger partial charge in [-0.15, -0.1) is 0 Å². The molecule has 1 aromatic heterocycles. The van der Waals surface area contributed by atoms with Crippen LogP contribution in [0.2, 0.25) is 0 Å². The predicted molar refractivity (Wildman–Crippen MR) is 65.9 cm³/mol. The summed E-state index contributed by atoms with van der Waals surface area (Å²) in [4.78, 5) is 24.6. The fourth-order valence-corrected chi connectivity index (χ4v) is 2.84. The number of hydrogen-bond acceptors (Lipinski definition) is 5. The zero-order valence-electron chi connectivity index (χ0n) is 9.28. The Morgan fingerprint density at radius 3 is 2.47 bits per heavy atom. The normalized spacial score (nSPS) is 12.9. The highest BCUT2D eigenvalue weighted by molar-refractivity contribution is 9.10. The van der Waals surface area contributed by atoms with Gasteiger partial charge in [0.1, 0.15) is 10.9 Å². The molecule has 0 radical (unpaired) electrons. The average molecular weight is 353 g/mol. The molecular formula is C9H9BrN2O6S. The summed E-state index contributed by atoms with van der Waals surface area (Å²) in [5.41, 5.74) is 0. The zero-order valence-corrected chi connectivity index (χ0v) is 11.7. The number of sulfonamides is 1. The van der Waals surface area contributed by atoms with Crippen molar-refractivity contribution in [2.45, 2.75) is 17.4 Å². The molecule has 0 spiro atoms. The van der Waals surface area contributed by atoms with E-state index in [1.165, 1.54) is 12.3 Å². The van der Waals surface area contributed by atoms with Crippen molar-refractivity contribution in [3.05, 3.63) is 22.9 Å². The molecule has 1 rings (SSSR count). The lowest BCUT2D eigenvalue weighted by atomic mass is 10.2. The maximum absolute atomic E-state index is 11.9. The van der Waals surface area contributed by atoms with Crippen LogP contribution in [0.4, 0.5) is 0 Å². The molecule has 0 unspecified atom stereocenters. The Labute approximate surface area is 116 Å². The van der Waals surface area contributed by atoms with E-state index in [0.717, 1.165) is 6.20 Å². The number of carboxylic acid groups (broad SMARTS) is 2. The Morgan fingerprint density at radius 1 is 1.37 bits per heavy atom. The maximum atomic E-state index is 11.9. The second-order valence-corrected chi connectivity index (χ2v) is 6.08. The van der Waals surface area contributed by atoms with E-state index in [9.17, 15) is 18.0 Å². The molecule has 1 aromatic rings. The van der Waals surface area contributed by atoms with E-state index in [4.69, 9.17) is 10.2 Å². The molecule has 104 valence electrons.